The zero-order chi connectivity index (χ0) is 14.5. The summed E-state index contributed by atoms with van der Waals surface area (Å²) < 4.78 is 0. The van der Waals surface area contributed by atoms with E-state index in [1.54, 1.807) is 5.57 Å². The zero-order valence-corrected chi connectivity index (χ0v) is 13.6. The van der Waals surface area contributed by atoms with Gasteiger partial charge in [-0.05, 0) is 64.2 Å². The van der Waals surface area contributed by atoms with Crippen molar-refractivity contribution in [3.8, 4) is 0 Å². The third-order valence-electron chi connectivity index (χ3n) is 3.98. The fraction of sp³-hybridized carbons (Fsp3) is 0.684. The molecule has 0 nitrogen and oxygen atoms in total. The van der Waals surface area contributed by atoms with Gasteiger partial charge in [-0.3, -0.25) is 0 Å². The second-order valence-electron chi connectivity index (χ2n) is 5.91. The van der Waals surface area contributed by atoms with Gasteiger partial charge < -0.3 is 0 Å². The lowest BCUT2D eigenvalue weighted by atomic mass is 9.93. The fourth-order valence-corrected chi connectivity index (χ4v) is 2.22. The van der Waals surface area contributed by atoms with Crippen LogP contribution in [0.4, 0.5) is 0 Å². The second kappa shape index (κ2) is 12.3. The first kappa shape index (κ1) is 18.2. The van der Waals surface area contributed by atoms with Crippen molar-refractivity contribution in [3.63, 3.8) is 0 Å². The molecule has 0 aliphatic carbocycles. The summed E-state index contributed by atoms with van der Waals surface area (Å²) in [7, 11) is 0. The Morgan fingerprint density at radius 3 is 2.47 bits per heavy atom. The van der Waals surface area contributed by atoms with Gasteiger partial charge in [-0.1, -0.05) is 50.1 Å². The number of unbranched alkanes of at least 4 members (excludes halogenated alkanes) is 2. The number of allylic oxidation sites excluding steroid dienone is 5. The molecule has 0 aromatic heterocycles. The van der Waals surface area contributed by atoms with E-state index in [9.17, 15) is 0 Å². The van der Waals surface area contributed by atoms with E-state index < -0.39 is 0 Å². The van der Waals surface area contributed by atoms with Crippen LogP contribution < -0.4 is 0 Å². The van der Waals surface area contributed by atoms with Gasteiger partial charge in [0.25, 0.3) is 0 Å². The van der Waals surface area contributed by atoms with Crippen molar-refractivity contribution >= 4 is 0 Å². The van der Waals surface area contributed by atoms with Crippen LogP contribution in [0.2, 0.25) is 0 Å². The molecule has 19 heavy (non-hydrogen) atoms. The van der Waals surface area contributed by atoms with Gasteiger partial charge in [-0.15, -0.1) is 6.58 Å². The van der Waals surface area contributed by atoms with E-state index in [-0.39, 0.29) is 0 Å². The molecule has 0 rings (SSSR count). The van der Waals surface area contributed by atoms with Crippen LogP contribution >= 0.6 is 0 Å². The Morgan fingerprint density at radius 2 is 1.84 bits per heavy atom. The van der Waals surface area contributed by atoms with E-state index in [0.717, 1.165) is 18.3 Å². The first-order valence-corrected chi connectivity index (χ1v) is 8.00. The maximum absolute atomic E-state index is 3.79. The number of hydrogen-bond donors (Lipinski definition) is 0. The lowest BCUT2D eigenvalue weighted by molar-refractivity contribution is 0.530. The quantitative estimate of drug-likeness (QED) is 0.287. The van der Waals surface area contributed by atoms with Gasteiger partial charge in [0.2, 0.25) is 0 Å². The summed E-state index contributed by atoms with van der Waals surface area (Å²) in [6.07, 6.45) is 17.8. The SMILES string of the molecule is C=CCCC(C)C/C=C(\C)C(C)CCCC/C=C/C. The van der Waals surface area contributed by atoms with Crippen LogP contribution in [0.25, 0.3) is 0 Å². The van der Waals surface area contributed by atoms with Gasteiger partial charge in [-0.2, -0.15) is 0 Å². The highest BCUT2D eigenvalue weighted by Gasteiger charge is 2.05. The molecule has 0 heterocycles. The predicted octanol–water partition coefficient (Wildman–Crippen LogP) is 6.70. The fourth-order valence-electron chi connectivity index (χ4n) is 2.22. The molecule has 0 heteroatoms. The average Bonchev–Trinajstić information content (AvgIpc) is 2.41. The molecule has 0 bridgehead atoms. The van der Waals surface area contributed by atoms with Crippen LogP contribution in [0.1, 0.15) is 72.6 Å². The zero-order valence-electron chi connectivity index (χ0n) is 13.6. The van der Waals surface area contributed by atoms with Crippen molar-refractivity contribution in [3.05, 3.63) is 36.5 Å². The van der Waals surface area contributed by atoms with Gasteiger partial charge in [0.1, 0.15) is 0 Å². The highest BCUT2D eigenvalue weighted by atomic mass is 14.1. The monoisotopic (exact) mass is 262 g/mol. The van der Waals surface area contributed by atoms with E-state index in [2.05, 4.69) is 52.5 Å². The standard InChI is InChI=1S/C19H34/c1-6-8-10-11-12-14-18(4)19(5)16-15-17(3)13-9-7-2/h6-8,16-18H,2,9-15H2,1,3-5H3/b8-6+,19-16+. The molecule has 0 fully saturated rings. The summed E-state index contributed by atoms with van der Waals surface area (Å²) in [5.41, 5.74) is 1.58. The molecule has 0 saturated carbocycles. The minimum atomic E-state index is 0.747. The normalized spacial score (nSPS) is 15.7. The van der Waals surface area contributed by atoms with Crippen molar-refractivity contribution in [2.75, 3.05) is 0 Å². The molecule has 0 saturated heterocycles. The van der Waals surface area contributed by atoms with Crippen molar-refractivity contribution in [1.29, 1.82) is 0 Å². The Bertz CT molecular complexity index is 270. The maximum atomic E-state index is 3.79. The highest BCUT2D eigenvalue weighted by Crippen LogP contribution is 2.20. The molecule has 0 aliphatic rings. The Morgan fingerprint density at radius 1 is 1.11 bits per heavy atom. The van der Waals surface area contributed by atoms with Crippen molar-refractivity contribution < 1.29 is 0 Å². The van der Waals surface area contributed by atoms with Gasteiger partial charge in [0.05, 0.1) is 0 Å². The van der Waals surface area contributed by atoms with Crippen LogP contribution in [0.3, 0.4) is 0 Å². The average molecular weight is 262 g/mol. The molecule has 0 radical (unpaired) electrons. The first-order valence-electron chi connectivity index (χ1n) is 8.00. The molecule has 110 valence electrons. The molecule has 0 aliphatic heterocycles. The summed E-state index contributed by atoms with van der Waals surface area (Å²) in [4.78, 5) is 0. The van der Waals surface area contributed by atoms with E-state index in [4.69, 9.17) is 0 Å². The highest BCUT2D eigenvalue weighted by molar-refractivity contribution is 5.02. The van der Waals surface area contributed by atoms with E-state index in [1.165, 1.54) is 38.5 Å². The molecule has 2 unspecified atom stereocenters. The van der Waals surface area contributed by atoms with E-state index >= 15 is 0 Å². The Balaban J connectivity index is 3.83. The smallest absolute Gasteiger partial charge is 0.0234 e. The minimum absolute atomic E-state index is 0.747. The van der Waals surface area contributed by atoms with Crippen molar-refractivity contribution in [1.82, 2.24) is 0 Å². The van der Waals surface area contributed by atoms with E-state index in [0.29, 0.717) is 0 Å². The molecule has 0 spiro atoms. The molecular weight excluding hydrogens is 228 g/mol. The maximum Gasteiger partial charge on any atom is -0.0234 e. The number of hydrogen-bond acceptors (Lipinski definition) is 0. The third-order valence-corrected chi connectivity index (χ3v) is 3.98. The number of rotatable bonds is 11. The lowest BCUT2D eigenvalue weighted by Crippen LogP contribution is -1.98. The Kier molecular flexibility index (Phi) is 11.8. The molecule has 0 N–H and O–H groups in total. The Hall–Kier alpha value is -0.780. The largest absolute Gasteiger partial charge is 0.103 e. The van der Waals surface area contributed by atoms with Crippen LogP contribution in [0, 0.1) is 11.8 Å². The molecule has 0 amide bonds. The summed E-state index contributed by atoms with van der Waals surface area (Å²) in [6.45, 7) is 12.9. The molecule has 0 aromatic rings. The van der Waals surface area contributed by atoms with Gasteiger partial charge >= 0.3 is 0 Å². The van der Waals surface area contributed by atoms with E-state index in [1.807, 2.05) is 6.08 Å². The van der Waals surface area contributed by atoms with Gasteiger partial charge in [0.15, 0.2) is 0 Å². The minimum Gasteiger partial charge on any atom is -0.103 e. The van der Waals surface area contributed by atoms with Crippen molar-refractivity contribution in [2.24, 2.45) is 11.8 Å². The predicted molar refractivity (Wildman–Crippen MR) is 89.4 cm³/mol. The van der Waals surface area contributed by atoms with Gasteiger partial charge in [0, 0.05) is 0 Å². The van der Waals surface area contributed by atoms with Crippen LogP contribution in [-0.4, -0.2) is 0 Å². The van der Waals surface area contributed by atoms with Crippen LogP contribution in [0.5, 0.6) is 0 Å². The molecule has 2 atom stereocenters. The topological polar surface area (TPSA) is 0 Å². The summed E-state index contributed by atoms with van der Waals surface area (Å²) in [6, 6.07) is 0. The molecule has 0 aromatic carbocycles. The van der Waals surface area contributed by atoms with Gasteiger partial charge in [-0.25, -0.2) is 0 Å². The summed E-state index contributed by atoms with van der Waals surface area (Å²) in [5, 5.41) is 0. The lowest BCUT2D eigenvalue weighted by Gasteiger charge is -2.13. The summed E-state index contributed by atoms with van der Waals surface area (Å²) >= 11 is 0. The van der Waals surface area contributed by atoms with Crippen LogP contribution in [0.15, 0.2) is 36.5 Å². The summed E-state index contributed by atoms with van der Waals surface area (Å²) in [5.74, 6) is 1.53. The second-order valence-corrected chi connectivity index (χ2v) is 5.91. The third kappa shape index (κ3) is 10.8. The van der Waals surface area contributed by atoms with Crippen LogP contribution in [-0.2, 0) is 0 Å². The molecular formula is C19H34. The van der Waals surface area contributed by atoms with Crippen molar-refractivity contribution in [2.45, 2.75) is 72.6 Å². The Labute approximate surface area is 121 Å². The first-order chi connectivity index (χ1) is 9.11.